The topological polar surface area (TPSA) is 50.9 Å². The van der Waals surface area contributed by atoms with Crippen molar-refractivity contribution in [1.82, 2.24) is 14.5 Å². The van der Waals surface area contributed by atoms with Gasteiger partial charge in [0, 0.05) is 66.2 Å². The van der Waals surface area contributed by atoms with Gasteiger partial charge < -0.3 is 9.67 Å². The van der Waals surface area contributed by atoms with Crippen LogP contribution in [0.4, 0.5) is 0 Å². The van der Waals surface area contributed by atoms with Gasteiger partial charge in [0.25, 0.3) is 0 Å². The number of phenolic OH excluding ortho intramolecular Hbond substituents is 1. The first-order valence-corrected chi connectivity index (χ1v) is 18.3. The van der Waals surface area contributed by atoms with Gasteiger partial charge in [-0.05, 0) is 64.1 Å². The third-order valence-electron chi connectivity index (χ3n) is 10.2. The third kappa shape index (κ3) is 6.68. The van der Waals surface area contributed by atoms with E-state index >= 15 is 0 Å². The summed E-state index contributed by atoms with van der Waals surface area (Å²) in [5.74, 6) is 0.214. The number of aromatic hydroxyl groups is 1. The van der Waals surface area contributed by atoms with Crippen LogP contribution in [0, 0.1) is 6.07 Å². The van der Waals surface area contributed by atoms with Crippen LogP contribution in [0.2, 0.25) is 0 Å². The summed E-state index contributed by atoms with van der Waals surface area (Å²) in [6.07, 6.45) is 1.89. The quantitative estimate of drug-likeness (QED) is 0.169. The van der Waals surface area contributed by atoms with Crippen LogP contribution < -0.4 is 0 Å². The van der Waals surface area contributed by atoms with Gasteiger partial charge in [-0.25, -0.2) is 0 Å². The Kier molecular flexibility index (Phi) is 9.55. The normalized spacial score (nSPS) is 11.5. The summed E-state index contributed by atoms with van der Waals surface area (Å²) in [5, 5.41) is 13.7. The summed E-state index contributed by atoms with van der Waals surface area (Å²) >= 11 is 0. The van der Waals surface area contributed by atoms with Crippen molar-refractivity contribution in [3.05, 3.63) is 182 Å². The molecule has 0 spiro atoms. The van der Waals surface area contributed by atoms with E-state index in [4.69, 9.17) is 9.97 Å². The van der Waals surface area contributed by atoms with Crippen LogP contribution in [0.3, 0.4) is 0 Å². The zero-order valence-electron chi connectivity index (χ0n) is 30.8. The number of para-hydroxylation sites is 3. The van der Waals surface area contributed by atoms with Crippen LogP contribution in [0.25, 0.3) is 83.5 Å². The number of phenols is 1. The van der Waals surface area contributed by atoms with Gasteiger partial charge in [-0.2, -0.15) is 0 Å². The Morgan fingerprint density at radius 3 is 1.98 bits per heavy atom. The Morgan fingerprint density at radius 1 is 0.564 bits per heavy atom. The third-order valence-corrected chi connectivity index (χ3v) is 10.2. The Bertz CT molecular complexity index is 2820. The second-order valence-corrected chi connectivity index (χ2v) is 14.7. The number of fused-ring (bicyclic) bond motifs is 3. The molecule has 0 amide bonds. The van der Waals surface area contributed by atoms with E-state index in [-0.39, 0.29) is 32.2 Å². The average Bonchev–Trinajstić information content (AvgIpc) is 3.56. The summed E-state index contributed by atoms with van der Waals surface area (Å²) in [5.41, 5.74) is 13.3. The number of nitrogens with zero attached hydrogens (tertiary/aromatic N) is 3. The maximum absolute atomic E-state index is 11.3. The largest absolute Gasteiger partial charge is 0.507 e. The minimum absolute atomic E-state index is 0. The van der Waals surface area contributed by atoms with Crippen LogP contribution >= 0.6 is 0 Å². The SMILES string of the molecule is CC(C)(C)c1cccc(O)c1-c1cc(-c2ccccc2)cc(-c2[c-]c(-c3cc(-c4cccc5c6ccccc6n(-c6ccccc6)c45)ccn3)ccc2)n1.[Pt]. The van der Waals surface area contributed by atoms with Crippen LogP contribution in [-0.4, -0.2) is 19.6 Å². The Morgan fingerprint density at radius 2 is 1.20 bits per heavy atom. The summed E-state index contributed by atoms with van der Waals surface area (Å²) < 4.78 is 2.37. The van der Waals surface area contributed by atoms with Gasteiger partial charge in [0.1, 0.15) is 5.75 Å². The summed E-state index contributed by atoms with van der Waals surface area (Å²) in [7, 11) is 0. The smallest absolute Gasteiger partial charge is 0.125 e. The summed E-state index contributed by atoms with van der Waals surface area (Å²) in [6.45, 7) is 6.48. The van der Waals surface area contributed by atoms with Crippen molar-refractivity contribution < 1.29 is 26.2 Å². The summed E-state index contributed by atoms with van der Waals surface area (Å²) in [6, 6.07) is 60.0. The van der Waals surface area contributed by atoms with Gasteiger partial charge in [-0.15, -0.1) is 24.3 Å². The molecule has 3 aromatic heterocycles. The fourth-order valence-electron chi connectivity index (χ4n) is 7.64. The van der Waals surface area contributed by atoms with Gasteiger partial charge in [-0.1, -0.05) is 141 Å². The molecule has 9 aromatic rings. The second-order valence-electron chi connectivity index (χ2n) is 14.7. The molecular formula is C50H38N3OPt-. The van der Waals surface area contributed by atoms with Crippen molar-refractivity contribution in [1.29, 1.82) is 0 Å². The first-order chi connectivity index (χ1) is 26.3. The van der Waals surface area contributed by atoms with Gasteiger partial charge in [-0.3, -0.25) is 9.97 Å². The number of rotatable bonds is 6. The standard InChI is InChI=1S/C50H38N3O.Pt/c1-50(2,3)42-24-14-26-47(54)48(42)45-32-37(33-15-6-4-7-16-33)31-44(52-45)36-18-12-17-35(29-36)43-30-34(27-28-51-43)39-22-13-23-41-40-21-10-11-25-46(40)53(49(39)41)38-19-8-5-9-20-38;/h4-28,30-32,54H,1-3H3;/q-1;. The molecule has 0 radical (unpaired) electrons. The molecule has 55 heavy (non-hydrogen) atoms. The molecule has 5 heteroatoms. The monoisotopic (exact) mass is 891 g/mol. The van der Waals surface area contributed by atoms with Gasteiger partial charge in [0.05, 0.1) is 16.7 Å². The van der Waals surface area contributed by atoms with Crippen LogP contribution in [0.15, 0.2) is 170 Å². The van der Waals surface area contributed by atoms with E-state index in [1.807, 2.05) is 42.6 Å². The van der Waals surface area contributed by atoms with Crippen LogP contribution in [0.1, 0.15) is 26.3 Å². The van der Waals surface area contributed by atoms with Gasteiger partial charge in [0.15, 0.2) is 0 Å². The van der Waals surface area contributed by atoms with E-state index in [0.717, 1.165) is 72.8 Å². The van der Waals surface area contributed by atoms with Gasteiger partial charge >= 0.3 is 0 Å². The maximum atomic E-state index is 11.3. The predicted molar refractivity (Wildman–Crippen MR) is 223 cm³/mol. The molecule has 0 atom stereocenters. The van der Waals surface area contributed by atoms with Crippen molar-refractivity contribution in [2.45, 2.75) is 26.2 Å². The van der Waals surface area contributed by atoms with E-state index in [9.17, 15) is 5.11 Å². The van der Waals surface area contributed by atoms with E-state index in [1.54, 1.807) is 6.07 Å². The number of pyridine rings is 2. The van der Waals surface area contributed by atoms with E-state index in [0.29, 0.717) is 0 Å². The molecule has 1 N–H and O–H groups in total. The van der Waals surface area contributed by atoms with Gasteiger partial charge in [0.2, 0.25) is 0 Å². The molecule has 0 unspecified atom stereocenters. The first-order valence-electron chi connectivity index (χ1n) is 18.3. The zero-order chi connectivity index (χ0) is 36.8. The van der Waals surface area contributed by atoms with Crippen molar-refractivity contribution in [2.75, 3.05) is 0 Å². The fourth-order valence-corrected chi connectivity index (χ4v) is 7.64. The molecule has 0 aliphatic rings. The van der Waals surface area contributed by atoms with Crippen molar-refractivity contribution >= 4 is 21.8 Å². The molecule has 0 saturated heterocycles. The molecule has 3 heterocycles. The molecule has 270 valence electrons. The number of hydrogen-bond acceptors (Lipinski definition) is 3. The maximum Gasteiger partial charge on any atom is 0.125 e. The van der Waals surface area contributed by atoms with Crippen molar-refractivity contribution in [3.63, 3.8) is 0 Å². The molecular weight excluding hydrogens is 854 g/mol. The molecule has 0 saturated carbocycles. The van der Waals surface area contributed by atoms with Crippen LogP contribution in [-0.2, 0) is 26.5 Å². The minimum atomic E-state index is -0.207. The zero-order valence-corrected chi connectivity index (χ0v) is 33.0. The fraction of sp³-hybridized carbons (Fsp3) is 0.0800. The first kappa shape index (κ1) is 35.9. The summed E-state index contributed by atoms with van der Waals surface area (Å²) in [4.78, 5) is 10.1. The number of hydrogen-bond donors (Lipinski definition) is 1. The Labute approximate surface area is 336 Å². The molecule has 0 fully saturated rings. The Hall–Kier alpha value is -6.09. The predicted octanol–water partition coefficient (Wildman–Crippen LogP) is 12.7. The van der Waals surface area contributed by atoms with E-state index < -0.39 is 0 Å². The molecule has 0 aliphatic carbocycles. The number of benzene rings is 6. The molecule has 4 nitrogen and oxygen atoms in total. The number of aromatic nitrogens is 3. The minimum Gasteiger partial charge on any atom is -0.507 e. The van der Waals surface area contributed by atoms with Crippen molar-refractivity contribution in [3.8, 4) is 67.5 Å². The molecule has 6 aromatic carbocycles. The molecule has 0 aliphatic heterocycles. The average molecular weight is 892 g/mol. The molecule has 0 bridgehead atoms. The van der Waals surface area contributed by atoms with Crippen molar-refractivity contribution in [2.24, 2.45) is 0 Å². The Balaban J connectivity index is 0.00000427. The van der Waals surface area contributed by atoms with E-state index in [2.05, 4.69) is 153 Å². The molecule has 9 rings (SSSR count). The second kappa shape index (κ2) is 14.6. The van der Waals surface area contributed by atoms with E-state index in [1.165, 1.54) is 16.3 Å². The van der Waals surface area contributed by atoms with Crippen LogP contribution in [0.5, 0.6) is 5.75 Å².